The molecule has 0 unspecified atom stereocenters. The van der Waals surface area contributed by atoms with Crippen molar-refractivity contribution in [3.05, 3.63) is 53.9 Å². The maximum atomic E-state index is 12.3. The molecule has 3 heterocycles. The Balaban J connectivity index is 1.40. The topological polar surface area (TPSA) is 63.1 Å². The van der Waals surface area contributed by atoms with Gasteiger partial charge >= 0.3 is 0 Å². The fourth-order valence-electron chi connectivity index (χ4n) is 3.07. The molecule has 24 heavy (non-hydrogen) atoms. The summed E-state index contributed by atoms with van der Waals surface area (Å²) in [5.41, 5.74) is 2.43. The highest BCUT2D eigenvalue weighted by Crippen LogP contribution is 2.22. The van der Waals surface area contributed by atoms with Gasteiger partial charge in [0, 0.05) is 25.5 Å². The highest BCUT2D eigenvalue weighted by Gasteiger charge is 2.30. The quantitative estimate of drug-likeness (QED) is 0.800. The van der Waals surface area contributed by atoms with Crippen LogP contribution in [-0.4, -0.2) is 39.8 Å². The third-order valence-corrected chi connectivity index (χ3v) is 4.36. The van der Waals surface area contributed by atoms with Crippen LogP contribution in [0.25, 0.3) is 10.9 Å². The van der Waals surface area contributed by atoms with Crippen molar-refractivity contribution in [3.63, 3.8) is 0 Å². The number of aryl methyl sites for hydroxylation is 2. The van der Waals surface area contributed by atoms with Crippen LogP contribution in [0.5, 0.6) is 0 Å². The second-order valence-corrected chi connectivity index (χ2v) is 6.23. The number of amides is 1. The van der Waals surface area contributed by atoms with Gasteiger partial charge in [-0.3, -0.25) is 9.48 Å². The van der Waals surface area contributed by atoms with Crippen LogP contribution in [0.4, 0.5) is 5.82 Å². The van der Waals surface area contributed by atoms with Gasteiger partial charge in [0.1, 0.15) is 11.5 Å². The summed E-state index contributed by atoms with van der Waals surface area (Å²) in [6.45, 7) is 3.43. The molecule has 1 aromatic carbocycles. The molecule has 3 aromatic rings. The SMILES string of the molecule is Cc1cc(C(=O)NC2CN(c3ccc4ccccc4n3)C2)n(C)n1. The average molecular weight is 321 g/mol. The largest absolute Gasteiger partial charge is 0.352 e. The lowest BCUT2D eigenvalue weighted by Gasteiger charge is -2.40. The van der Waals surface area contributed by atoms with Crippen molar-refractivity contribution in [2.45, 2.75) is 13.0 Å². The number of fused-ring (bicyclic) bond motifs is 1. The van der Waals surface area contributed by atoms with E-state index in [-0.39, 0.29) is 11.9 Å². The van der Waals surface area contributed by atoms with Crippen molar-refractivity contribution in [1.29, 1.82) is 0 Å². The summed E-state index contributed by atoms with van der Waals surface area (Å²) in [6.07, 6.45) is 0. The van der Waals surface area contributed by atoms with Crippen LogP contribution in [0, 0.1) is 6.92 Å². The molecule has 6 heteroatoms. The first kappa shape index (κ1) is 14.7. The minimum atomic E-state index is -0.0748. The number of pyridine rings is 1. The van der Waals surface area contributed by atoms with Gasteiger partial charge in [0.15, 0.2) is 0 Å². The number of hydrogen-bond donors (Lipinski definition) is 1. The summed E-state index contributed by atoms with van der Waals surface area (Å²) in [5.74, 6) is 0.879. The molecule has 6 nitrogen and oxygen atoms in total. The van der Waals surface area contributed by atoms with Gasteiger partial charge in [-0.15, -0.1) is 0 Å². The van der Waals surface area contributed by atoms with Gasteiger partial charge in [-0.2, -0.15) is 5.10 Å². The molecule has 1 saturated heterocycles. The van der Waals surface area contributed by atoms with Gasteiger partial charge in [0.25, 0.3) is 5.91 Å². The monoisotopic (exact) mass is 321 g/mol. The summed E-state index contributed by atoms with van der Waals surface area (Å²) in [6, 6.07) is 14.1. The molecular weight excluding hydrogens is 302 g/mol. The molecule has 122 valence electrons. The van der Waals surface area contributed by atoms with Crippen molar-refractivity contribution in [2.75, 3.05) is 18.0 Å². The molecule has 1 fully saturated rings. The second-order valence-electron chi connectivity index (χ2n) is 6.23. The van der Waals surface area contributed by atoms with Gasteiger partial charge in [0.05, 0.1) is 17.3 Å². The number of rotatable bonds is 3. The van der Waals surface area contributed by atoms with E-state index in [1.807, 2.05) is 31.2 Å². The van der Waals surface area contributed by atoms with E-state index in [0.29, 0.717) is 5.69 Å². The molecule has 0 saturated carbocycles. The number of benzene rings is 1. The second kappa shape index (κ2) is 5.63. The number of carbonyl (C=O) groups is 1. The smallest absolute Gasteiger partial charge is 0.269 e. The molecule has 0 aliphatic carbocycles. The minimum absolute atomic E-state index is 0.0748. The fraction of sp³-hybridized carbons (Fsp3) is 0.278. The van der Waals surface area contributed by atoms with Crippen LogP contribution in [0.3, 0.4) is 0 Å². The molecular formula is C18H19N5O. The Morgan fingerprint density at radius 1 is 1.21 bits per heavy atom. The van der Waals surface area contributed by atoms with Gasteiger partial charge in [-0.25, -0.2) is 4.98 Å². The number of para-hydroxylation sites is 1. The highest BCUT2D eigenvalue weighted by atomic mass is 16.2. The first-order chi connectivity index (χ1) is 11.6. The molecule has 1 N–H and O–H groups in total. The van der Waals surface area contributed by atoms with Crippen LogP contribution in [-0.2, 0) is 7.05 Å². The van der Waals surface area contributed by atoms with Crippen LogP contribution < -0.4 is 10.2 Å². The molecule has 0 radical (unpaired) electrons. The van der Waals surface area contributed by atoms with Crippen molar-refractivity contribution in [2.24, 2.45) is 7.05 Å². The molecule has 2 aromatic heterocycles. The minimum Gasteiger partial charge on any atom is -0.352 e. The number of carbonyl (C=O) groups excluding carboxylic acids is 1. The Morgan fingerprint density at radius 2 is 2.00 bits per heavy atom. The maximum Gasteiger partial charge on any atom is 0.269 e. The Hall–Kier alpha value is -2.89. The standard InChI is InChI=1S/C18H19N5O/c1-12-9-16(22(2)21-12)18(24)19-14-10-23(11-14)17-8-7-13-5-3-4-6-15(13)20-17/h3-9,14H,10-11H2,1-2H3,(H,19,24). The number of nitrogens with zero attached hydrogens (tertiary/aromatic N) is 4. The molecule has 0 spiro atoms. The predicted octanol–water partition coefficient (Wildman–Crippen LogP) is 1.90. The van der Waals surface area contributed by atoms with Crippen LogP contribution >= 0.6 is 0 Å². The average Bonchev–Trinajstić information content (AvgIpc) is 2.88. The van der Waals surface area contributed by atoms with E-state index in [0.717, 1.165) is 35.5 Å². The Kier molecular flexibility index (Phi) is 3.45. The van der Waals surface area contributed by atoms with E-state index >= 15 is 0 Å². The number of aromatic nitrogens is 3. The normalized spacial score (nSPS) is 14.7. The third kappa shape index (κ3) is 2.60. The van der Waals surface area contributed by atoms with Gasteiger partial charge < -0.3 is 10.2 Å². The Bertz CT molecular complexity index is 911. The zero-order valence-electron chi connectivity index (χ0n) is 13.7. The lowest BCUT2D eigenvalue weighted by Crippen LogP contribution is -2.59. The molecule has 1 amide bonds. The molecule has 1 aliphatic rings. The summed E-state index contributed by atoms with van der Waals surface area (Å²) in [4.78, 5) is 19.2. The maximum absolute atomic E-state index is 12.3. The predicted molar refractivity (Wildman–Crippen MR) is 93.2 cm³/mol. The first-order valence-corrected chi connectivity index (χ1v) is 8.02. The molecule has 4 rings (SSSR count). The van der Waals surface area contributed by atoms with E-state index in [2.05, 4.69) is 32.4 Å². The number of anilines is 1. The van der Waals surface area contributed by atoms with Crippen LogP contribution in [0.1, 0.15) is 16.2 Å². The van der Waals surface area contributed by atoms with Gasteiger partial charge in [-0.1, -0.05) is 18.2 Å². The molecule has 0 bridgehead atoms. The van der Waals surface area contributed by atoms with Crippen LogP contribution in [0.15, 0.2) is 42.5 Å². The fourth-order valence-corrected chi connectivity index (χ4v) is 3.07. The summed E-state index contributed by atoms with van der Waals surface area (Å²) >= 11 is 0. The van der Waals surface area contributed by atoms with Crippen molar-refractivity contribution in [3.8, 4) is 0 Å². The number of nitrogens with one attached hydrogen (secondary N) is 1. The van der Waals surface area contributed by atoms with Gasteiger partial charge in [0.2, 0.25) is 0 Å². The summed E-state index contributed by atoms with van der Waals surface area (Å²) in [5, 5.41) is 8.40. The van der Waals surface area contributed by atoms with Crippen LogP contribution in [0.2, 0.25) is 0 Å². The molecule has 0 atom stereocenters. The van der Waals surface area contributed by atoms with Crippen molar-refractivity contribution < 1.29 is 4.79 Å². The van der Waals surface area contributed by atoms with Crippen molar-refractivity contribution >= 4 is 22.6 Å². The first-order valence-electron chi connectivity index (χ1n) is 8.02. The van der Waals surface area contributed by atoms with Crippen molar-refractivity contribution in [1.82, 2.24) is 20.1 Å². The van der Waals surface area contributed by atoms with E-state index in [4.69, 9.17) is 0 Å². The van der Waals surface area contributed by atoms with E-state index in [9.17, 15) is 4.79 Å². The summed E-state index contributed by atoms with van der Waals surface area (Å²) < 4.78 is 1.62. The third-order valence-electron chi connectivity index (χ3n) is 4.36. The molecule has 1 aliphatic heterocycles. The van der Waals surface area contributed by atoms with E-state index in [1.54, 1.807) is 17.8 Å². The Labute approximate surface area is 140 Å². The highest BCUT2D eigenvalue weighted by molar-refractivity contribution is 5.93. The number of hydrogen-bond acceptors (Lipinski definition) is 4. The zero-order chi connectivity index (χ0) is 16.7. The van der Waals surface area contributed by atoms with E-state index in [1.165, 1.54) is 0 Å². The zero-order valence-corrected chi connectivity index (χ0v) is 13.7. The van der Waals surface area contributed by atoms with Gasteiger partial charge in [-0.05, 0) is 31.2 Å². The Morgan fingerprint density at radius 3 is 2.75 bits per heavy atom. The lowest BCUT2D eigenvalue weighted by atomic mass is 10.1. The summed E-state index contributed by atoms with van der Waals surface area (Å²) in [7, 11) is 1.79. The van der Waals surface area contributed by atoms with E-state index < -0.39 is 0 Å². The lowest BCUT2D eigenvalue weighted by molar-refractivity contribution is 0.0920.